The van der Waals surface area contributed by atoms with Crippen LogP contribution in [0.3, 0.4) is 0 Å². The highest BCUT2D eigenvalue weighted by Crippen LogP contribution is 2.18. The standard InChI is InChI=1S/C17H26N4S/c22-17(19-14-5-1-2-6-14)20-15-8-11-21(12-9-15)13-16-7-3-4-10-18-16/h3-4,7,10,14-15H,1-2,5-6,8-9,11-13H2,(H2,19,20,22). The summed E-state index contributed by atoms with van der Waals surface area (Å²) in [5.74, 6) is 0. The zero-order valence-corrected chi connectivity index (χ0v) is 13.9. The molecule has 0 radical (unpaired) electrons. The summed E-state index contributed by atoms with van der Waals surface area (Å²) in [7, 11) is 0. The van der Waals surface area contributed by atoms with E-state index in [-0.39, 0.29) is 0 Å². The van der Waals surface area contributed by atoms with Crippen molar-refractivity contribution < 1.29 is 0 Å². The fourth-order valence-corrected chi connectivity index (χ4v) is 3.77. The fraction of sp³-hybridized carbons (Fsp3) is 0.647. The Labute approximate surface area is 138 Å². The second-order valence-corrected chi connectivity index (χ2v) is 6.88. The van der Waals surface area contributed by atoms with E-state index in [9.17, 15) is 0 Å². The quantitative estimate of drug-likeness (QED) is 0.835. The van der Waals surface area contributed by atoms with Gasteiger partial charge in [-0.25, -0.2) is 0 Å². The van der Waals surface area contributed by atoms with Crippen LogP contribution in [-0.4, -0.2) is 40.2 Å². The maximum absolute atomic E-state index is 5.46. The van der Waals surface area contributed by atoms with Gasteiger partial charge < -0.3 is 10.6 Å². The van der Waals surface area contributed by atoms with Gasteiger partial charge in [-0.1, -0.05) is 18.9 Å². The fourth-order valence-electron chi connectivity index (χ4n) is 3.44. The van der Waals surface area contributed by atoms with E-state index in [1.54, 1.807) is 0 Å². The van der Waals surface area contributed by atoms with Crippen molar-refractivity contribution in [3.63, 3.8) is 0 Å². The number of hydrogen-bond acceptors (Lipinski definition) is 3. The molecule has 1 aliphatic heterocycles. The minimum absolute atomic E-state index is 0.515. The van der Waals surface area contributed by atoms with Gasteiger partial charge in [0.25, 0.3) is 0 Å². The molecule has 0 atom stereocenters. The monoisotopic (exact) mass is 318 g/mol. The van der Waals surface area contributed by atoms with Crippen molar-refractivity contribution in [2.24, 2.45) is 0 Å². The zero-order valence-electron chi connectivity index (χ0n) is 13.1. The van der Waals surface area contributed by atoms with Crippen LogP contribution in [0.5, 0.6) is 0 Å². The number of pyridine rings is 1. The highest BCUT2D eigenvalue weighted by molar-refractivity contribution is 7.80. The van der Waals surface area contributed by atoms with E-state index >= 15 is 0 Å². The topological polar surface area (TPSA) is 40.2 Å². The summed E-state index contributed by atoms with van der Waals surface area (Å²) in [5, 5.41) is 7.84. The molecule has 1 saturated heterocycles. The first kappa shape index (κ1) is 15.7. The van der Waals surface area contributed by atoms with Gasteiger partial charge in [-0.05, 0) is 50.0 Å². The van der Waals surface area contributed by atoms with E-state index in [1.165, 1.54) is 25.7 Å². The van der Waals surface area contributed by atoms with Crippen molar-refractivity contribution in [1.29, 1.82) is 0 Å². The van der Waals surface area contributed by atoms with Gasteiger partial charge in [-0.15, -0.1) is 0 Å². The maximum atomic E-state index is 5.46. The molecule has 3 rings (SSSR count). The van der Waals surface area contributed by atoms with Gasteiger partial charge in [-0.2, -0.15) is 0 Å². The molecule has 2 fully saturated rings. The van der Waals surface area contributed by atoms with Gasteiger partial charge in [-0.3, -0.25) is 9.88 Å². The van der Waals surface area contributed by atoms with Gasteiger partial charge in [0.1, 0.15) is 0 Å². The number of aromatic nitrogens is 1. The van der Waals surface area contributed by atoms with E-state index in [2.05, 4.69) is 32.7 Å². The molecule has 0 amide bonds. The summed E-state index contributed by atoms with van der Waals surface area (Å²) in [5.41, 5.74) is 1.16. The van der Waals surface area contributed by atoms with Crippen molar-refractivity contribution in [2.75, 3.05) is 13.1 Å². The number of likely N-dealkylation sites (tertiary alicyclic amines) is 1. The Morgan fingerprint density at radius 1 is 1.09 bits per heavy atom. The summed E-state index contributed by atoms with van der Waals surface area (Å²) < 4.78 is 0. The van der Waals surface area contributed by atoms with Crippen molar-refractivity contribution in [2.45, 2.75) is 57.2 Å². The lowest BCUT2D eigenvalue weighted by molar-refractivity contribution is 0.196. The van der Waals surface area contributed by atoms with Crippen LogP contribution < -0.4 is 10.6 Å². The van der Waals surface area contributed by atoms with Gasteiger partial charge in [0, 0.05) is 37.9 Å². The SMILES string of the molecule is S=C(NC1CCCC1)NC1CCN(Cc2ccccn2)CC1. The summed E-state index contributed by atoms with van der Waals surface area (Å²) in [4.78, 5) is 6.89. The smallest absolute Gasteiger partial charge is 0.166 e. The van der Waals surface area contributed by atoms with Crippen LogP contribution in [0.4, 0.5) is 0 Å². The van der Waals surface area contributed by atoms with E-state index in [0.717, 1.165) is 43.3 Å². The van der Waals surface area contributed by atoms with Crippen molar-refractivity contribution in [1.82, 2.24) is 20.5 Å². The Hall–Kier alpha value is -1.20. The summed E-state index contributed by atoms with van der Waals surface area (Å²) >= 11 is 5.46. The van der Waals surface area contributed by atoms with Gasteiger partial charge in [0.2, 0.25) is 0 Å². The predicted octanol–water partition coefficient (Wildman–Crippen LogP) is 2.45. The van der Waals surface area contributed by atoms with Crippen LogP contribution >= 0.6 is 12.2 Å². The van der Waals surface area contributed by atoms with Gasteiger partial charge in [0.15, 0.2) is 5.11 Å². The van der Waals surface area contributed by atoms with E-state index < -0.39 is 0 Å². The minimum atomic E-state index is 0.515. The lowest BCUT2D eigenvalue weighted by Gasteiger charge is -2.33. The molecule has 1 aliphatic carbocycles. The normalized spacial score (nSPS) is 20.9. The lowest BCUT2D eigenvalue weighted by Crippen LogP contribution is -2.49. The van der Waals surface area contributed by atoms with Crippen molar-refractivity contribution >= 4 is 17.3 Å². The highest BCUT2D eigenvalue weighted by atomic mass is 32.1. The number of nitrogens with zero attached hydrogens (tertiary/aromatic N) is 2. The Kier molecular flexibility index (Phi) is 5.62. The minimum Gasteiger partial charge on any atom is -0.360 e. The number of hydrogen-bond donors (Lipinski definition) is 2. The van der Waals surface area contributed by atoms with Crippen LogP contribution in [0, 0.1) is 0 Å². The highest BCUT2D eigenvalue weighted by Gasteiger charge is 2.21. The Balaban J connectivity index is 1.37. The Morgan fingerprint density at radius 3 is 2.41 bits per heavy atom. The molecule has 1 aromatic heterocycles. The summed E-state index contributed by atoms with van der Waals surface area (Å²) in [6, 6.07) is 7.25. The third-order valence-electron chi connectivity index (χ3n) is 4.72. The molecule has 0 spiro atoms. The van der Waals surface area contributed by atoms with Crippen molar-refractivity contribution in [3.8, 4) is 0 Å². The molecule has 5 heteroatoms. The van der Waals surface area contributed by atoms with Gasteiger partial charge in [0.05, 0.1) is 5.69 Å². The second kappa shape index (κ2) is 7.88. The number of rotatable bonds is 4. The molecular formula is C17H26N4S. The lowest BCUT2D eigenvalue weighted by atomic mass is 10.1. The van der Waals surface area contributed by atoms with E-state index in [0.29, 0.717) is 12.1 Å². The molecule has 2 heterocycles. The first-order valence-corrected chi connectivity index (χ1v) is 8.90. The molecule has 1 aromatic rings. The number of nitrogens with one attached hydrogen (secondary N) is 2. The first-order valence-electron chi connectivity index (χ1n) is 8.49. The Bertz CT molecular complexity index is 465. The molecule has 0 bridgehead atoms. The molecule has 2 aliphatic rings. The zero-order chi connectivity index (χ0) is 15.2. The van der Waals surface area contributed by atoms with Crippen molar-refractivity contribution in [3.05, 3.63) is 30.1 Å². The number of piperidine rings is 1. The first-order chi connectivity index (χ1) is 10.8. The average molecular weight is 318 g/mol. The summed E-state index contributed by atoms with van der Waals surface area (Å²) in [6.45, 7) is 3.18. The molecule has 2 N–H and O–H groups in total. The largest absolute Gasteiger partial charge is 0.360 e. The molecule has 0 unspecified atom stereocenters. The van der Waals surface area contributed by atoms with E-state index in [1.807, 2.05) is 12.3 Å². The summed E-state index contributed by atoms with van der Waals surface area (Å²) in [6.07, 6.45) is 9.39. The van der Waals surface area contributed by atoms with Crippen LogP contribution in [0.2, 0.25) is 0 Å². The second-order valence-electron chi connectivity index (χ2n) is 6.47. The third-order valence-corrected chi connectivity index (χ3v) is 4.96. The van der Waals surface area contributed by atoms with Crippen LogP contribution in [0.25, 0.3) is 0 Å². The predicted molar refractivity (Wildman–Crippen MR) is 93.7 cm³/mol. The molecule has 4 nitrogen and oxygen atoms in total. The Morgan fingerprint density at radius 2 is 1.77 bits per heavy atom. The van der Waals surface area contributed by atoms with Gasteiger partial charge >= 0.3 is 0 Å². The molecular weight excluding hydrogens is 292 g/mol. The maximum Gasteiger partial charge on any atom is 0.166 e. The third kappa shape index (κ3) is 4.65. The molecule has 120 valence electrons. The van der Waals surface area contributed by atoms with E-state index in [4.69, 9.17) is 12.2 Å². The van der Waals surface area contributed by atoms with Crippen LogP contribution in [0.15, 0.2) is 24.4 Å². The molecule has 0 aromatic carbocycles. The van der Waals surface area contributed by atoms with Crippen LogP contribution in [-0.2, 0) is 6.54 Å². The molecule has 22 heavy (non-hydrogen) atoms. The number of thiocarbonyl (C=S) groups is 1. The molecule has 1 saturated carbocycles. The average Bonchev–Trinajstić information content (AvgIpc) is 3.03. The van der Waals surface area contributed by atoms with Crippen LogP contribution in [0.1, 0.15) is 44.2 Å².